The summed E-state index contributed by atoms with van der Waals surface area (Å²) in [5.41, 5.74) is 1.92. The van der Waals surface area contributed by atoms with E-state index >= 15 is 0 Å². The summed E-state index contributed by atoms with van der Waals surface area (Å²) in [5, 5.41) is 20.8. The number of thioether (sulfide) groups is 1. The Kier molecular flexibility index (Phi) is 4.08. The predicted octanol–water partition coefficient (Wildman–Crippen LogP) is 2.14. The van der Waals surface area contributed by atoms with Gasteiger partial charge in [0.2, 0.25) is 5.16 Å². The minimum atomic E-state index is -0.895. The van der Waals surface area contributed by atoms with Gasteiger partial charge in [-0.2, -0.15) is 4.68 Å². The fraction of sp³-hybridized carbons (Fsp3) is 0.385. The molecule has 1 aromatic heterocycles. The van der Waals surface area contributed by atoms with Gasteiger partial charge in [0.25, 0.3) is 0 Å². The topological polar surface area (TPSA) is 80.9 Å². The zero-order valence-corrected chi connectivity index (χ0v) is 12.4. The number of carbonyl (C=O) groups is 1. The third-order valence-electron chi connectivity index (χ3n) is 2.71. The van der Waals surface area contributed by atoms with Gasteiger partial charge in [0.15, 0.2) is 0 Å². The number of hydrogen-bond acceptors (Lipinski definition) is 5. The van der Waals surface area contributed by atoms with Gasteiger partial charge in [-0.3, -0.25) is 4.79 Å². The predicted molar refractivity (Wildman–Crippen MR) is 76.2 cm³/mol. The minimum absolute atomic E-state index is 0.0583. The van der Waals surface area contributed by atoms with Crippen molar-refractivity contribution in [2.45, 2.75) is 31.3 Å². The van der Waals surface area contributed by atoms with Gasteiger partial charge >= 0.3 is 5.97 Å². The van der Waals surface area contributed by atoms with E-state index in [1.54, 1.807) is 4.68 Å². The number of rotatable bonds is 4. The number of benzene rings is 1. The zero-order valence-electron chi connectivity index (χ0n) is 11.6. The van der Waals surface area contributed by atoms with Crippen LogP contribution in [0.25, 0.3) is 5.69 Å². The Morgan fingerprint density at radius 1 is 1.35 bits per heavy atom. The van der Waals surface area contributed by atoms with Crippen molar-refractivity contribution in [2.75, 3.05) is 5.75 Å². The van der Waals surface area contributed by atoms with E-state index in [1.807, 2.05) is 24.3 Å². The highest BCUT2D eigenvalue weighted by Gasteiger charge is 2.21. The Bertz CT molecular complexity index is 619. The second-order valence-corrected chi connectivity index (χ2v) is 6.27. The van der Waals surface area contributed by atoms with Gasteiger partial charge in [0.1, 0.15) is 0 Å². The molecule has 2 aromatic rings. The summed E-state index contributed by atoms with van der Waals surface area (Å²) in [5.74, 6) is -0.966. The van der Waals surface area contributed by atoms with Crippen molar-refractivity contribution < 1.29 is 9.90 Å². The maximum atomic E-state index is 10.7. The molecule has 106 valence electrons. The summed E-state index contributed by atoms with van der Waals surface area (Å²) in [6, 6.07) is 7.85. The summed E-state index contributed by atoms with van der Waals surface area (Å²) < 4.78 is 1.59. The minimum Gasteiger partial charge on any atom is -0.481 e. The van der Waals surface area contributed by atoms with Crippen molar-refractivity contribution in [2.24, 2.45) is 0 Å². The molecule has 0 aliphatic carbocycles. The fourth-order valence-corrected chi connectivity index (χ4v) is 2.44. The van der Waals surface area contributed by atoms with Crippen molar-refractivity contribution in [1.29, 1.82) is 0 Å². The molecule has 0 aliphatic rings. The van der Waals surface area contributed by atoms with Crippen molar-refractivity contribution in [1.82, 2.24) is 20.2 Å². The van der Waals surface area contributed by atoms with Gasteiger partial charge in [-0.15, -0.1) is 5.10 Å². The average Bonchev–Trinajstić information content (AvgIpc) is 2.83. The van der Waals surface area contributed by atoms with Gasteiger partial charge in [-0.05, 0) is 27.5 Å². The van der Waals surface area contributed by atoms with Gasteiger partial charge in [-0.1, -0.05) is 50.7 Å². The third kappa shape index (κ3) is 3.16. The summed E-state index contributed by atoms with van der Waals surface area (Å²) in [6.07, 6.45) is 0. The molecule has 0 saturated heterocycles. The Hall–Kier alpha value is -1.89. The number of para-hydroxylation sites is 1. The molecule has 0 fully saturated rings. The van der Waals surface area contributed by atoms with Crippen LogP contribution in [-0.4, -0.2) is 37.0 Å². The first-order valence-electron chi connectivity index (χ1n) is 6.12. The van der Waals surface area contributed by atoms with Crippen LogP contribution in [0.5, 0.6) is 0 Å². The van der Waals surface area contributed by atoms with Crippen LogP contribution in [0.2, 0.25) is 0 Å². The smallest absolute Gasteiger partial charge is 0.313 e. The molecule has 0 amide bonds. The van der Waals surface area contributed by atoms with E-state index in [0.717, 1.165) is 23.0 Å². The van der Waals surface area contributed by atoms with E-state index in [9.17, 15) is 4.79 Å². The molecule has 20 heavy (non-hydrogen) atoms. The molecule has 1 N–H and O–H groups in total. The highest BCUT2D eigenvalue weighted by atomic mass is 32.2. The van der Waals surface area contributed by atoms with Crippen LogP contribution in [0.15, 0.2) is 29.4 Å². The molecule has 0 unspecified atom stereocenters. The van der Waals surface area contributed by atoms with Crippen LogP contribution < -0.4 is 0 Å². The molecule has 7 heteroatoms. The largest absolute Gasteiger partial charge is 0.481 e. The Morgan fingerprint density at radius 2 is 2.05 bits per heavy atom. The van der Waals surface area contributed by atoms with Crippen molar-refractivity contribution in [3.8, 4) is 5.69 Å². The quantitative estimate of drug-likeness (QED) is 0.869. The van der Waals surface area contributed by atoms with E-state index < -0.39 is 5.97 Å². The van der Waals surface area contributed by atoms with Gasteiger partial charge < -0.3 is 5.11 Å². The number of tetrazole rings is 1. The number of hydrogen-bond donors (Lipinski definition) is 1. The molecule has 1 aromatic carbocycles. The molecule has 0 saturated carbocycles. The van der Waals surface area contributed by atoms with Crippen molar-refractivity contribution in [3.63, 3.8) is 0 Å². The second-order valence-electron chi connectivity index (χ2n) is 5.32. The molecule has 1 heterocycles. The standard InChI is InChI=1S/C13H16N4O2S/c1-13(2,3)9-6-4-5-7-10(9)17-12(14-15-16-17)20-8-11(18)19/h4-7H,8H2,1-3H3,(H,18,19). The lowest BCUT2D eigenvalue weighted by atomic mass is 9.86. The molecule has 6 nitrogen and oxygen atoms in total. The maximum Gasteiger partial charge on any atom is 0.313 e. The molecule has 0 atom stereocenters. The molecule has 0 aliphatic heterocycles. The molecular weight excluding hydrogens is 276 g/mol. The lowest BCUT2D eigenvalue weighted by Crippen LogP contribution is -2.16. The van der Waals surface area contributed by atoms with Crippen LogP contribution in [0.3, 0.4) is 0 Å². The summed E-state index contributed by atoms with van der Waals surface area (Å²) in [4.78, 5) is 10.7. The molecule has 2 rings (SSSR count). The lowest BCUT2D eigenvalue weighted by molar-refractivity contribution is -0.133. The van der Waals surface area contributed by atoms with E-state index in [0.29, 0.717) is 5.16 Å². The number of carboxylic acids is 1. The average molecular weight is 292 g/mol. The lowest BCUT2D eigenvalue weighted by Gasteiger charge is -2.22. The van der Waals surface area contributed by atoms with Crippen LogP contribution in [-0.2, 0) is 10.2 Å². The third-order valence-corrected chi connectivity index (χ3v) is 3.61. The molecule has 0 spiro atoms. The monoisotopic (exact) mass is 292 g/mol. The van der Waals surface area contributed by atoms with Gasteiger partial charge in [0.05, 0.1) is 11.4 Å². The number of nitrogens with zero attached hydrogens (tertiary/aromatic N) is 4. The van der Waals surface area contributed by atoms with E-state index in [-0.39, 0.29) is 11.2 Å². The molecule has 0 bridgehead atoms. The first-order valence-corrected chi connectivity index (χ1v) is 7.11. The Balaban J connectivity index is 2.43. The number of aromatic nitrogens is 4. The summed E-state index contributed by atoms with van der Waals surface area (Å²) >= 11 is 1.10. The van der Waals surface area contributed by atoms with Crippen LogP contribution >= 0.6 is 11.8 Å². The van der Waals surface area contributed by atoms with Gasteiger partial charge in [0, 0.05) is 0 Å². The zero-order chi connectivity index (χ0) is 14.8. The van der Waals surface area contributed by atoms with E-state index in [1.165, 1.54) is 0 Å². The highest BCUT2D eigenvalue weighted by Crippen LogP contribution is 2.29. The van der Waals surface area contributed by atoms with Crippen LogP contribution in [0.1, 0.15) is 26.3 Å². The maximum absolute atomic E-state index is 10.7. The summed E-state index contributed by atoms with van der Waals surface area (Å²) in [6.45, 7) is 6.33. The van der Waals surface area contributed by atoms with E-state index in [4.69, 9.17) is 5.11 Å². The first-order chi connectivity index (χ1) is 9.39. The van der Waals surface area contributed by atoms with Crippen molar-refractivity contribution in [3.05, 3.63) is 29.8 Å². The van der Waals surface area contributed by atoms with E-state index in [2.05, 4.69) is 36.3 Å². The van der Waals surface area contributed by atoms with Crippen LogP contribution in [0, 0.1) is 0 Å². The Labute approximate surface area is 121 Å². The second kappa shape index (κ2) is 5.62. The first kappa shape index (κ1) is 14.5. The summed E-state index contributed by atoms with van der Waals surface area (Å²) in [7, 11) is 0. The SMILES string of the molecule is CC(C)(C)c1ccccc1-n1nnnc1SCC(=O)O. The van der Waals surface area contributed by atoms with Crippen LogP contribution in [0.4, 0.5) is 0 Å². The highest BCUT2D eigenvalue weighted by molar-refractivity contribution is 7.99. The number of aliphatic carboxylic acids is 1. The normalized spacial score (nSPS) is 11.6. The number of carboxylic acid groups (broad SMARTS) is 1. The Morgan fingerprint density at radius 3 is 2.70 bits per heavy atom. The van der Waals surface area contributed by atoms with Gasteiger partial charge in [-0.25, -0.2) is 0 Å². The molecule has 0 radical (unpaired) electrons. The van der Waals surface area contributed by atoms with Crippen molar-refractivity contribution >= 4 is 17.7 Å². The molecular formula is C13H16N4O2S. The fourth-order valence-electron chi connectivity index (χ4n) is 1.84.